The van der Waals surface area contributed by atoms with Crippen LogP contribution in [-0.4, -0.2) is 14.8 Å². The Balaban J connectivity index is 1.82. The van der Waals surface area contributed by atoms with E-state index in [0.29, 0.717) is 6.04 Å². The maximum Gasteiger partial charge on any atom is 0.195 e. The van der Waals surface area contributed by atoms with Crippen LogP contribution in [-0.2, 0) is 6.42 Å². The summed E-state index contributed by atoms with van der Waals surface area (Å²) < 4.78 is 3.04. The van der Waals surface area contributed by atoms with Gasteiger partial charge in [0.1, 0.15) is 5.82 Å². The fourth-order valence-corrected chi connectivity index (χ4v) is 2.41. The van der Waals surface area contributed by atoms with Gasteiger partial charge in [-0.05, 0) is 31.5 Å². The lowest BCUT2D eigenvalue weighted by Crippen LogP contribution is -2.01. The number of aromatic nitrogens is 3. The summed E-state index contributed by atoms with van der Waals surface area (Å²) in [5, 5.41) is 7.27. The van der Waals surface area contributed by atoms with Gasteiger partial charge in [0.25, 0.3) is 0 Å². The third-order valence-electron chi connectivity index (χ3n) is 3.19. The Kier molecular flexibility index (Phi) is 4.16. The molecule has 0 aliphatic heterocycles. The van der Waals surface area contributed by atoms with E-state index in [1.165, 1.54) is 50.8 Å². The number of nitrogens with zero attached hydrogens (tertiary/aromatic N) is 2. The third-order valence-corrected chi connectivity index (χ3v) is 3.48. The zero-order chi connectivity index (χ0) is 11.4. The highest BCUT2D eigenvalue weighted by Crippen LogP contribution is 2.35. The molecule has 0 unspecified atom stereocenters. The highest BCUT2D eigenvalue weighted by molar-refractivity contribution is 7.71. The fourth-order valence-electron chi connectivity index (χ4n) is 2.11. The maximum atomic E-state index is 5.25. The molecule has 0 aromatic carbocycles. The zero-order valence-electron chi connectivity index (χ0n) is 10.0. The third kappa shape index (κ3) is 2.94. The second-order valence-corrected chi connectivity index (χ2v) is 5.10. The Labute approximate surface area is 102 Å². The number of aromatic amines is 1. The summed E-state index contributed by atoms with van der Waals surface area (Å²) in [7, 11) is 0. The molecule has 1 aromatic rings. The highest BCUT2D eigenvalue weighted by atomic mass is 32.1. The zero-order valence-corrected chi connectivity index (χ0v) is 10.9. The molecule has 1 saturated carbocycles. The summed E-state index contributed by atoms with van der Waals surface area (Å²) in [4.78, 5) is 0. The van der Waals surface area contributed by atoms with Crippen molar-refractivity contribution >= 4 is 12.2 Å². The predicted octanol–water partition coefficient (Wildman–Crippen LogP) is 3.79. The van der Waals surface area contributed by atoms with Crippen molar-refractivity contribution < 1.29 is 0 Å². The van der Waals surface area contributed by atoms with E-state index in [4.69, 9.17) is 12.2 Å². The molecule has 16 heavy (non-hydrogen) atoms. The number of nitrogens with one attached hydrogen (secondary N) is 1. The molecule has 1 aliphatic rings. The van der Waals surface area contributed by atoms with E-state index in [1.807, 2.05) is 0 Å². The summed E-state index contributed by atoms with van der Waals surface area (Å²) in [6, 6.07) is 0.650. The first-order valence-electron chi connectivity index (χ1n) is 6.48. The lowest BCUT2D eigenvalue weighted by atomic mass is 10.1. The van der Waals surface area contributed by atoms with E-state index in [-0.39, 0.29) is 0 Å². The average molecular weight is 239 g/mol. The molecule has 1 aromatic heterocycles. The van der Waals surface area contributed by atoms with Gasteiger partial charge in [0.2, 0.25) is 0 Å². The molecular formula is C12H21N3S. The van der Waals surface area contributed by atoms with Crippen LogP contribution in [0.25, 0.3) is 0 Å². The first-order valence-corrected chi connectivity index (χ1v) is 6.89. The van der Waals surface area contributed by atoms with Crippen LogP contribution in [0, 0.1) is 4.77 Å². The first-order chi connectivity index (χ1) is 7.83. The van der Waals surface area contributed by atoms with E-state index in [0.717, 1.165) is 11.2 Å². The maximum absolute atomic E-state index is 5.25. The molecule has 0 radical (unpaired) electrons. The van der Waals surface area contributed by atoms with Crippen molar-refractivity contribution in [1.82, 2.24) is 14.8 Å². The number of H-pyrrole nitrogens is 1. The van der Waals surface area contributed by atoms with Crippen molar-refractivity contribution in [2.24, 2.45) is 0 Å². The van der Waals surface area contributed by atoms with Crippen molar-refractivity contribution in [3.05, 3.63) is 10.6 Å². The number of rotatable bonds is 7. The molecule has 0 bridgehead atoms. The van der Waals surface area contributed by atoms with Gasteiger partial charge in [0.15, 0.2) is 4.77 Å². The topological polar surface area (TPSA) is 33.6 Å². The Morgan fingerprint density at radius 1 is 1.31 bits per heavy atom. The summed E-state index contributed by atoms with van der Waals surface area (Å²) in [6.07, 6.45) is 10.2. The van der Waals surface area contributed by atoms with E-state index >= 15 is 0 Å². The van der Waals surface area contributed by atoms with Gasteiger partial charge in [-0.3, -0.25) is 5.10 Å². The number of unbranched alkanes of at least 4 members (excludes halogenated alkanes) is 4. The lowest BCUT2D eigenvalue weighted by Gasteiger charge is -2.04. The minimum Gasteiger partial charge on any atom is -0.301 e. The van der Waals surface area contributed by atoms with E-state index in [1.54, 1.807) is 0 Å². The predicted molar refractivity (Wildman–Crippen MR) is 68.1 cm³/mol. The molecule has 1 fully saturated rings. The molecule has 3 nitrogen and oxygen atoms in total. The summed E-state index contributed by atoms with van der Waals surface area (Å²) >= 11 is 5.25. The van der Waals surface area contributed by atoms with E-state index in [2.05, 4.69) is 21.7 Å². The molecule has 0 spiro atoms. The van der Waals surface area contributed by atoms with Crippen LogP contribution in [0.2, 0.25) is 0 Å². The molecule has 1 aliphatic carbocycles. The van der Waals surface area contributed by atoms with Crippen molar-refractivity contribution in [2.45, 2.75) is 64.3 Å². The van der Waals surface area contributed by atoms with Gasteiger partial charge < -0.3 is 4.57 Å². The molecule has 90 valence electrons. The van der Waals surface area contributed by atoms with Crippen LogP contribution < -0.4 is 0 Å². The van der Waals surface area contributed by atoms with Gasteiger partial charge in [-0.1, -0.05) is 32.6 Å². The monoisotopic (exact) mass is 239 g/mol. The van der Waals surface area contributed by atoms with E-state index < -0.39 is 0 Å². The highest BCUT2D eigenvalue weighted by Gasteiger charge is 2.26. The number of hydrogen-bond donors (Lipinski definition) is 1. The van der Waals surface area contributed by atoms with Gasteiger partial charge in [-0.2, -0.15) is 5.10 Å². The molecule has 0 saturated heterocycles. The van der Waals surface area contributed by atoms with Crippen molar-refractivity contribution in [1.29, 1.82) is 0 Å². The Morgan fingerprint density at radius 3 is 2.75 bits per heavy atom. The SMILES string of the molecule is CCCCCCCc1n[nH]c(=S)n1C1CC1. The molecule has 2 rings (SSSR count). The van der Waals surface area contributed by atoms with Crippen molar-refractivity contribution in [3.63, 3.8) is 0 Å². The molecule has 0 atom stereocenters. The van der Waals surface area contributed by atoms with Crippen LogP contribution >= 0.6 is 12.2 Å². The van der Waals surface area contributed by atoms with Crippen LogP contribution in [0.3, 0.4) is 0 Å². The van der Waals surface area contributed by atoms with Crippen LogP contribution in [0.1, 0.15) is 63.7 Å². The first kappa shape index (κ1) is 11.8. The second-order valence-electron chi connectivity index (χ2n) is 4.71. The molecular weight excluding hydrogens is 218 g/mol. The normalized spacial score (nSPS) is 15.6. The Bertz CT molecular complexity index is 376. The fraction of sp³-hybridized carbons (Fsp3) is 0.833. The standard InChI is InChI=1S/C12H21N3S/c1-2-3-4-5-6-7-11-13-14-12(16)15(11)10-8-9-10/h10H,2-9H2,1H3,(H,14,16). The van der Waals surface area contributed by atoms with Crippen LogP contribution in [0.4, 0.5) is 0 Å². The summed E-state index contributed by atoms with van der Waals surface area (Å²) in [5.74, 6) is 1.17. The lowest BCUT2D eigenvalue weighted by molar-refractivity contribution is 0.597. The molecule has 1 heterocycles. The molecule has 1 N–H and O–H groups in total. The van der Waals surface area contributed by atoms with Crippen molar-refractivity contribution in [3.8, 4) is 0 Å². The number of aryl methyl sites for hydroxylation is 1. The minimum absolute atomic E-state index is 0.650. The largest absolute Gasteiger partial charge is 0.301 e. The van der Waals surface area contributed by atoms with Gasteiger partial charge in [0.05, 0.1) is 0 Å². The number of hydrogen-bond acceptors (Lipinski definition) is 2. The minimum atomic E-state index is 0.650. The van der Waals surface area contributed by atoms with Gasteiger partial charge in [0, 0.05) is 12.5 Å². The van der Waals surface area contributed by atoms with Crippen LogP contribution in [0.15, 0.2) is 0 Å². The van der Waals surface area contributed by atoms with Crippen molar-refractivity contribution in [2.75, 3.05) is 0 Å². The molecule has 4 heteroatoms. The average Bonchev–Trinajstić information content (AvgIpc) is 3.04. The van der Waals surface area contributed by atoms with Gasteiger partial charge in [-0.25, -0.2) is 0 Å². The Hall–Kier alpha value is -0.640. The van der Waals surface area contributed by atoms with Gasteiger partial charge >= 0.3 is 0 Å². The Morgan fingerprint density at radius 2 is 2.06 bits per heavy atom. The van der Waals surface area contributed by atoms with Gasteiger partial charge in [-0.15, -0.1) is 0 Å². The second kappa shape index (κ2) is 5.62. The summed E-state index contributed by atoms with van der Waals surface area (Å²) in [5.41, 5.74) is 0. The van der Waals surface area contributed by atoms with Crippen LogP contribution in [0.5, 0.6) is 0 Å². The summed E-state index contributed by atoms with van der Waals surface area (Å²) in [6.45, 7) is 2.25. The van der Waals surface area contributed by atoms with E-state index in [9.17, 15) is 0 Å². The molecule has 0 amide bonds. The quantitative estimate of drug-likeness (QED) is 0.580. The smallest absolute Gasteiger partial charge is 0.195 e.